The molecule has 0 bridgehead atoms. The molecule has 0 saturated carbocycles. The third kappa shape index (κ3) is 1.72. The van der Waals surface area contributed by atoms with Gasteiger partial charge in [0.1, 0.15) is 11.6 Å². The molecule has 0 spiro atoms. The summed E-state index contributed by atoms with van der Waals surface area (Å²) in [6.07, 6.45) is 1.71. The van der Waals surface area contributed by atoms with E-state index in [4.69, 9.17) is 10.5 Å². The molecule has 3 N–H and O–H groups in total. The van der Waals surface area contributed by atoms with Crippen molar-refractivity contribution in [3.8, 4) is 11.3 Å². The van der Waals surface area contributed by atoms with E-state index in [1.54, 1.807) is 12.3 Å². The summed E-state index contributed by atoms with van der Waals surface area (Å²) in [7, 11) is 0. The molecule has 3 rings (SSSR count). The fourth-order valence-electron chi connectivity index (χ4n) is 2.09. The monoisotopic (exact) mass is 247 g/mol. The Morgan fingerprint density at radius 2 is 2.28 bits per heavy atom. The van der Waals surface area contributed by atoms with Crippen LogP contribution >= 0.6 is 0 Å². The van der Waals surface area contributed by atoms with Gasteiger partial charge in [-0.25, -0.2) is 9.37 Å². The Hall–Kier alpha value is -1.72. The van der Waals surface area contributed by atoms with Gasteiger partial charge in [0.25, 0.3) is 0 Å². The molecule has 0 radical (unpaired) electrons. The first-order valence-electron chi connectivity index (χ1n) is 5.83. The van der Waals surface area contributed by atoms with Gasteiger partial charge in [0.15, 0.2) is 0 Å². The van der Waals surface area contributed by atoms with Crippen LogP contribution in [0.5, 0.6) is 0 Å². The zero-order valence-electron chi connectivity index (χ0n) is 9.82. The van der Waals surface area contributed by atoms with Crippen LogP contribution in [0.25, 0.3) is 11.3 Å². The summed E-state index contributed by atoms with van der Waals surface area (Å²) in [5, 5.41) is 0. The highest BCUT2D eigenvalue weighted by molar-refractivity contribution is 5.58. The Morgan fingerprint density at radius 1 is 1.44 bits per heavy atom. The Balaban J connectivity index is 1.94. The predicted octanol–water partition coefficient (Wildman–Crippen LogP) is 1.44. The summed E-state index contributed by atoms with van der Waals surface area (Å²) in [5.41, 5.74) is 7.14. The van der Waals surface area contributed by atoms with E-state index in [2.05, 4.69) is 9.97 Å². The topological polar surface area (TPSA) is 63.9 Å². The van der Waals surface area contributed by atoms with Crippen LogP contribution in [0.4, 0.5) is 4.39 Å². The van der Waals surface area contributed by atoms with Gasteiger partial charge in [0.2, 0.25) is 0 Å². The van der Waals surface area contributed by atoms with Gasteiger partial charge in [-0.15, -0.1) is 0 Å². The molecule has 18 heavy (non-hydrogen) atoms. The van der Waals surface area contributed by atoms with E-state index in [0.29, 0.717) is 19.8 Å². The second-order valence-corrected chi connectivity index (χ2v) is 4.63. The zero-order valence-corrected chi connectivity index (χ0v) is 9.82. The zero-order chi connectivity index (χ0) is 12.6. The van der Waals surface area contributed by atoms with Crippen LogP contribution in [0.2, 0.25) is 0 Å². The minimum absolute atomic E-state index is 0.203. The summed E-state index contributed by atoms with van der Waals surface area (Å²) in [5.74, 6) is 0.555. The van der Waals surface area contributed by atoms with Crippen LogP contribution in [0.3, 0.4) is 0 Å². The number of nitrogens with two attached hydrogens (primary N) is 1. The van der Waals surface area contributed by atoms with Crippen LogP contribution in [0, 0.1) is 5.82 Å². The summed E-state index contributed by atoms with van der Waals surface area (Å²) < 4.78 is 18.4. The van der Waals surface area contributed by atoms with Gasteiger partial charge in [0, 0.05) is 12.1 Å². The molecule has 0 amide bonds. The number of H-pyrrole nitrogens is 1. The molecule has 1 saturated heterocycles. The molecule has 2 aromatic rings. The summed E-state index contributed by atoms with van der Waals surface area (Å²) in [4.78, 5) is 7.56. The number of ether oxygens (including phenoxy) is 1. The second kappa shape index (κ2) is 4.19. The van der Waals surface area contributed by atoms with E-state index in [-0.39, 0.29) is 11.2 Å². The van der Waals surface area contributed by atoms with E-state index in [9.17, 15) is 4.39 Å². The third-order valence-electron chi connectivity index (χ3n) is 3.36. The Kier molecular flexibility index (Phi) is 2.65. The molecule has 5 heteroatoms. The molecular formula is C13H14FN3O. The van der Waals surface area contributed by atoms with Gasteiger partial charge in [-0.2, -0.15) is 0 Å². The van der Waals surface area contributed by atoms with Crippen molar-refractivity contribution >= 4 is 0 Å². The van der Waals surface area contributed by atoms with E-state index < -0.39 is 0 Å². The lowest BCUT2D eigenvalue weighted by molar-refractivity contribution is -0.0589. The predicted molar refractivity (Wildman–Crippen MR) is 65.5 cm³/mol. The highest BCUT2D eigenvalue weighted by atomic mass is 19.1. The van der Waals surface area contributed by atoms with Crippen LogP contribution in [0.15, 0.2) is 30.5 Å². The summed E-state index contributed by atoms with van der Waals surface area (Å²) in [6, 6.07) is 6.41. The largest absolute Gasteiger partial charge is 0.379 e. The smallest absolute Gasteiger partial charge is 0.123 e. The first-order chi connectivity index (χ1) is 8.73. The lowest BCUT2D eigenvalue weighted by Crippen LogP contribution is -2.52. The molecule has 0 aliphatic carbocycles. The van der Waals surface area contributed by atoms with Gasteiger partial charge in [-0.1, -0.05) is 12.1 Å². The lowest BCUT2D eigenvalue weighted by Gasteiger charge is -2.38. The quantitative estimate of drug-likeness (QED) is 0.862. The number of halogens is 1. The third-order valence-corrected chi connectivity index (χ3v) is 3.36. The van der Waals surface area contributed by atoms with Gasteiger partial charge >= 0.3 is 0 Å². The van der Waals surface area contributed by atoms with E-state index in [1.807, 2.05) is 6.07 Å². The lowest BCUT2D eigenvalue weighted by atomic mass is 9.85. The van der Waals surface area contributed by atoms with Crippen LogP contribution in [-0.4, -0.2) is 29.7 Å². The molecular weight excluding hydrogens is 233 g/mol. The minimum Gasteiger partial charge on any atom is -0.379 e. The Morgan fingerprint density at radius 3 is 2.89 bits per heavy atom. The molecule has 0 unspecified atom stereocenters. The standard InChI is InChI=1S/C13H14FN3O/c14-10-3-1-2-9(4-10)11-5-16-12(17-11)13(6-15)7-18-8-13/h1-5H,6-8,15H2,(H,16,17). The fourth-order valence-corrected chi connectivity index (χ4v) is 2.09. The molecule has 1 aliphatic rings. The molecule has 0 atom stereocenters. The van der Waals surface area contributed by atoms with Crippen LogP contribution in [-0.2, 0) is 10.2 Å². The average Bonchev–Trinajstić information content (AvgIpc) is 2.78. The number of hydrogen-bond donors (Lipinski definition) is 2. The highest BCUT2D eigenvalue weighted by Crippen LogP contribution is 2.30. The molecule has 1 aromatic heterocycles. The first kappa shape index (κ1) is 11.4. The number of aromatic nitrogens is 2. The number of benzene rings is 1. The molecule has 2 heterocycles. The van der Waals surface area contributed by atoms with Crippen molar-refractivity contribution in [2.75, 3.05) is 19.8 Å². The van der Waals surface area contributed by atoms with Crippen molar-refractivity contribution < 1.29 is 9.13 Å². The van der Waals surface area contributed by atoms with Crippen LogP contribution < -0.4 is 5.73 Å². The van der Waals surface area contributed by atoms with Gasteiger partial charge in [0.05, 0.1) is 30.5 Å². The van der Waals surface area contributed by atoms with Crippen molar-refractivity contribution in [1.82, 2.24) is 9.97 Å². The van der Waals surface area contributed by atoms with Crippen molar-refractivity contribution in [3.05, 3.63) is 42.1 Å². The fraction of sp³-hybridized carbons (Fsp3) is 0.308. The van der Waals surface area contributed by atoms with Crippen molar-refractivity contribution in [2.24, 2.45) is 5.73 Å². The van der Waals surface area contributed by atoms with Gasteiger partial charge < -0.3 is 15.5 Å². The number of imidazole rings is 1. The second-order valence-electron chi connectivity index (χ2n) is 4.63. The van der Waals surface area contributed by atoms with Crippen molar-refractivity contribution in [2.45, 2.75) is 5.41 Å². The molecule has 94 valence electrons. The maximum Gasteiger partial charge on any atom is 0.123 e. The Bertz CT molecular complexity index is 557. The Labute approximate surface area is 104 Å². The minimum atomic E-state index is -0.260. The maximum absolute atomic E-state index is 13.2. The van der Waals surface area contributed by atoms with Crippen molar-refractivity contribution in [3.63, 3.8) is 0 Å². The summed E-state index contributed by atoms with van der Waals surface area (Å²) >= 11 is 0. The molecule has 1 fully saturated rings. The number of rotatable bonds is 3. The molecule has 1 aromatic carbocycles. The number of nitrogens with one attached hydrogen (secondary N) is 1. The van der Waals surface area contributed by atoms with E-state index in [0.717, 1.165) is 17.1 Å². The SMILES string of the molecule is NCC1(c2ncc(-c3cccc(F)c3)[nH]2)COC1. The maximum atomic E-state index is 13.2. The number of hydrogen-bond acceptors (Lipinski definition) is 3. The van der Waals surface area contributed by atoms with E-state index >= 15 is 0 Å². The van der Waals surface area contributed by atoms with Gasteiger partial charge in [-0.3, -0.25) is 0 Å². The first-order valence-corrected chi connectivity index (χ1v) is 5.83. The highest BCUT2D eigenvalue weighted by Gasteiger charge is 2.41. The summed E-state index contributed by atoms with van der Waals surface area (Å²) in [6.45, 7) is 1.66. The number of nitrogens with zero attached hydrogens (tertiary/aromatic N) is 1. The van der Waals surface area contributed by atoms with E-state index in [1.165, 1.54) is 12.1 Å². The molecule has 4 nitrogen and oxygen atoms in total. The average molecular weight is 247 g/mol. The normalized spacial score (nSPS) is 17.4. The van der Waals surface area contributed by atoms with Crippen LogP contribution in [0.1, 0.15) is 5.82 Å². The number of aromatic amines is 1. The van der Waals surface area contributed by atoms with Crippen molar-refractivity contribution in [1.29, 1.82) is 0 Å². The molecule has 1 aliphatic heterocycles. The van der Waals surface area contributed by atoms with Gasteiger partial charge in [-0.05, 0) is 12.1 Å².